The minimum absolute atomic E-state index is 0.0190. The lowest BCUT2D eigenvalue weighted by molar-refractivity contribution is 0.00906. The van der Waals surface area contributed by atoms with Gasteiger partial charge in [-0.25, -0.2) is 4.79 Å². The Kier molecular flexibility index (Phi) is 8.02. The number of ether oxygens (including phenoxy) is 3. The average molecular weight is 657 g/mol. The van der Waals surface area contributed by atoms with Gasteiger partial charge in [0, 0.05) is 24.0 Å². The molecule has 12 heteroatoms. The summed E-state index contributed by atoms with van der Waals surface area (Å²) in [5, 5.41) is 63.5. The molecule has 6 N–H and O–H groups in total. The third-order valence-corrected chi connectivity index (χ3v) is 8.92. The van der Waals surface area contributed by atoms with Gasteiger partial charge in [-0.15, -0.1) is 0 Å². The number of aliphatic hydroxyl groups excluding tert-OH is 2. The Balaban J connectivity index is 1.72. The molecule has 0 bridgehead atoms. The molecule has 0 spiro atoms. The fraction of sp³-hybridized carbons (Fsp3) is 0.250. The molecule has 6 rings (SSSR count). The van der Waals surface area contributed by atoms with E-state index in [1.165, 1.54) is 45.4 Å². The molecule has 0 unspecified atom stereocenters. The van der Waals surface area contributed by atoms with Crippen molar-refractivity contribution in [2.24, 2.45) is 0 Å². The van der Waals surface area contributed by atoms with Crippen molar-refractivity contribution < 1.29 is 59.2 Å². The molecule has 12 nitrogen and oxygen atoms in total. The van der Waals surface area contributed by atoms with Crippen molar-refractivity contribution in [1.29, 1.82) is 0 Å². The topological polar surface area (TPSA) is 200 Å². The molecule has 0 aromatic heterocycles. The maximum atomic E-state index is 14.2. The second-order valence-electron chi connectivity index (χ2n) is 11.9. The van der Waals surface area contributed by atoms with Crippen LogP contribution in [-0.2, 0) is 4.74 Å². The summed E-state index contributed by atoms with van der Waals surface area (Å²) in [6.07, 6.45) is -1.38. The first-order chi connectivity index (χ1) is 22.8. The largest absolute Gasteiger partial charge is 0.508 e. The van der Waals surface area contributed by atoms with Crippen LogP contribution in [0.5, 0.6) is 34.5 Å². The lowest BCUT2D eigenvalue weighted by Gasteiger charge is -2.39. The van der Waals surface area contributed by atoms with E-state index < -0.39 is 60.2 Å². The van der Waals surface area contributed by atoms with Gasteiger partial charge in [0.05, 0.1) is 43.1 Å². The minimum atomic E-state index is -1.38. The van der Waals surface area contributed by atoms with E-state index in [0.29, 0.717) is 22.4 Å². The number of aromatic hydroxyl groups is 4. The number of hydrogen-bond acceptors (Lipinski definition) is 12. The zero-order valence-electron chi connectivity index (χ0n) is 26.3. The zero-order valence-corrected chi connectivity index (χ0v) is 26.3. The predicted octanol–water partition coefficient (Wildman–Crippen LogP) is 3.71. The smallest absolute Gasteiger partial charge is 0.342 e. The number of methoxy groups -OCH3 is 2. The number of hydrogen-bond donors (Lipinski definition) is 6. The van der Waals surface area contributed by atoms with Crippen molar-refractivity contribution in [3.05, 3.63) is 104 Å². The van der Waals surface area contributed by atoms with Gasteiger partial charge < -0.3 is 44.8 Å². The fourth-order valence-corrected chi connectivity index (χ4v) is 6.96. The van der Waals surface area contributed by atoms with Gasteiger partial charge in [-0.2, -0.15) is 0 Å². The van der Waals surface area contributed by atoms with Gasteiger partial charge >= 0.3 is 5.97 Å². The summed E-state index contributed by atoms with van der Waals surface area (Å²) in [5.74, 6) is -5.91. The maximum absolute atomic E-state index is 14.2. The standard InChI is InChI=1S/C36H32O12/c1-14-5-19-27(22-10-18(46-3)11-25(47-4)31(22)34(43)29(19)23(40)6-14)28-20-7-15(2)26(36(45)48-13-17(39)12-37)33(42)32(20)35(44)30-21(28)8-16(38)9-24(30)41/h5-11,17,27-28,37-42H,12-13H2,1-4H3/t17-,27+,28+/m0/s1. The van der Waals surface area contributed by atoms with Crippen molar-refractivity contribution in [2.45, 2.75) is 31.8 Å². The highest BCUT2D eigenvalue weighted by Gasteiger charge is 2.47. The van der Waals surface area contributed by atoms with Crippen LogP contribution >= 0.6 is 0 Å². The molecule has 0 saturated heterocycles. The summed E-state index contributed by atoms with van der Waals surface area (Å²) in [5.41, 5.74) is 1.01. The lowest BCUT2D eigenvalue weighted by atomic mass is 9.63. The number of phenols is 4. The Morgan fingerprint density at radius 3 is 1.96 bits per heavy atom. The highest BCUT2D eigenvalue weighted by Crippen LogP contribution is 2.57. The fourth-order valence-electron chi connectivity index (χ4n) is 6.96. The number of benzene rings is 4. The summed E-state index contributed by atoms with van der Waals surface area (Å²) in [4.78, 5) is 41.5. The number of phenolic OH excluding ortho intramolecular Hbond substituents is 4. The normalized spacial score (nSPS) is 16.7. The highest BCUT2D eigenvalue weighted by molar-refractivity contribution is 6.19. The third kappa shape index (κ3) is 4.88. The summed E-state index contributed by atoms with van der Waals surface area (Å²) in [6.45, 7) is 1.98. The maximum Gasteiger partial charge on any atom is 0.342 e. The van der Waals surface area contributed by atoms with Crippen LogP contribution in [0.2, 0.25) is 0 Å². The lowest BCUT2D eigenvalue weighted by Crippen LogP contribution is -2.30. The third-order valence-electron chi connectivity index (χ3n) is 8.92. The Labute approximate surface area is 274 Å². The first-order valence-corrected chi connectivity index (χ1v) is 14.9. The summed E-state index contributed by atoms with van der Waals surface area (Å²) < 4.78 is 16.3. The SMILES string of the molecule is COc1cc(OC)c2c(c1)[C@H]([C@H]1c3cc(O)cc(O)c3C(=O)c3c1cc(C)c(C(=O)OC[C@@H](O)CO)c3O)c1cc(C)cc(O)c1C2=O. The number of fused-ring (bicyclic) bond motifs is 4. The van der Waals surface area contributed by atoms with E-state index in [4.69, 9.17) is 19.3 Å². The number of carbonyl (C=O) groups excluding carboxylic acids is 3. The van der Waals surface area contributed by atoms with E-state index in [1.807, 2.05) is 0 Å². The van der Waals surface area contributed by atoms with Crippen molar-refractivity contribution in [2.75, 3.05) is 27.4 Å². The molecule has 2 aliphatic carbocycles. The second-order valence-corrected chi connectivity index (χ2v) is 11.9. The molecule has 3 atom stereocenters. The number of rotatable bonds is 7. The number of carbonyl (C=O) groups is 3. The molecular formula is C36H32O12. The molecule has 0 aliphatic heterocycles. The molecule has 0 radical (unpaired) electrons. The van der Waals surface area contributed by atoms with E-state index in [0.717, 1.165) is 6.07 Å². The van der Waals surface area contributed by atoms with Gasteiger partial charge in [0.2, 0.25) is 11.6 Å². The predicted molar refractivity (Wildman–Crippen MR) is 169 cm³/mol. The van der Waals surface area contributed by atoms with E-state index >= 15 is 0 Å². The van der Waals surface area contributed by atoms with Crippen LogP contribution in [0, 0.1) is 13.8 Å². The summed E-state index contributed by atoms with van der Waals surface area (Å²) >= 11 is 0. The first-order valence-electron chi connectivity index (χ1n) is 14.9. The van der Waals surface area contributed by atoms with Crippen LogP contribution in [0.1, 0.15) is 87.4 Å². The Bertz CT molecular complexity index is 2050. The van der Waals surface area contributed by atoms with Crippen LogP contribution in [0.4, 0.5) is 0 Å². The zero-order chi connectivity index (χ0) is 34.8. The Morgan fingerprint density at radius 2 is 1.33 bits per heavy atom. The number of esters is 1. The molecule has 4 aromatic rings. The number of ketones is 2. The average Bonchev–Trinajstić information content (AvgIpc) is 3.03. The molecule has 0 heterocycles. The van der Waals surface area contributed by atoms with E-state index in [2.05, 4.69) is 0 Å². The molecule has 4 aromatic carbocycles. The summed E-state index contributed by atoms with van der Waals surface area (Å²) in [6, 6.07) is 10.1. The molecule has 0 saturated carbocycles. The van der Waals surface area contributed by atoms with Crippen LogP contribution in [0.3, 0.4) is 0 Å². The van der Waals surface area contributed by atoms with Gasteiger partial charge in [0.15, 0.2) is 0 Å². The van der Waals surface area contributed by atoms with Crippen molar-refractivity contribution >= 4 is 17.5 Å². The van der Waals surface area contributed by atoms with Gasteiger partial charge in [-0.05, 0) is 65.4 Å². The molecule has 48 heavy (non-hydrogen) atoms. The van der Waals surface area contributed by atoms with Gasteiger partial charge in [-0.3, -0.25) is 9.59 Å². The van der Waals surface area contributed by atoms with Gasteiger partial charge in [-0.1, -0.05) is 12.1 Å². The first kappa shape index (κ1) is 32.4. The molecule has 2 aliphatic rings. The second kappa shape index (κ2) is 11.9. The van der Waals surface area contributed by atoms with Crippen LogP contribution in [-0.4, -0.2) is 81.7 Å². The van der Waals surface area contributed by atoms with Gasteiger partial charge in [0.1, 0.15) is 52.8 Å². The molecule has 248 valence electrons. The molecular weight excluding hydrogens is 624 g/mol. The van der Waals surface area contributed by atoms with Crippen LogP contribution < -0.4 is 9.47 Å². The Morgan fingerprint density at radius 1 is 0.750 bits per heavy atom. The summed E-state index contributed by atoms with van der Waals surface area (Å²) in [7, 11) is 2.82. The monoisotopic (exact) mass is 656 g/mol. The van der Waals surface area contributed by atoms with E-state index in [9.17, 15) is 39.9 Å². The van der Waals surface area contributed by atoms with Gasteiger partial charge in [0.25, 0.3) is 0 Å². The van der Waals surface area contributed by atoms with Crippen molar-refractivity contribution in [3.8, 4) is 34.5 Å². The van der Waals surface area contributed by atoms with E-state index in [1.54, 1.807) is 19.1 Å². The van der Waals surface area contributed by atoms with Crippen LogP contribution in [0.15, 0.2) is 42.5 Å². The van der Waals surface area contributed by atoms with Crippen molar-refractivity contribution in [3.63, 3.8) is 0 Å². The highest BCUT2D eigenvalue weighted by atomic mass is 16.5. The quantitative estimate of drug-likeness (QED) is 0.158. The number of aliphatic hydroxyl groups is 2. The molecule has 0 fully saturated rings. The minimum Gasteiger partial charge on any atom is -0.508 e. The van der Waals surface area contributed by atoms with Crippen LogP contribution in [0.25, 0.3) is 0 Å². The Hall–Kier alpha value is -5.59. The number of aryl methyl sites for hydroxylation is 2. The van der Waals surface area contributed by atoms with E-state index in [-0.39, 0.29) is 61.8 Å². The molecule has 0 amide bonds. The van der Waals surface area contributed by atoms with Crippen molar-refractivity contribution in [1.82, 2.24) is 0 Å².